The normalized spacial score (nSPS) is 13.7. The number of hydrogen-bond acceptors (Lipinski definition) is 9. The molecule has 1 aliphatic heterocycles. The highest BCUT2D eigenvalue weighted by atomic mass is 19.4. The number of carbonyl (C=O) groups excluding carboxylic acids is 5. The number of carbonyl (C=O) groups is 6. The van der Waals surface area contributed by atoms with Gasteiger partial charge in [-0.3, -0.25) is 28.9 Å². The monoisotopic (exact) mass is 821 g/mol. The van der Waals surface area contributed by atoms with Crippen molar-refractivity contribution in [2.75, 3.05) is 32.8 Å². The highest BCUT2D eigenvalue weighted by Gasteiger charge is 2.39. The van der Waals surface area contributed by atoms with E-state index in [0.29, 0.717) is 17.7 Å². The molecule has 0 radical (unpaired) electrons. The van der Waals surface area contributed by atoms with Crippen LogP contribution in [0.2, 0.25) is 0 Å². The van der Waals surface area contributed by atoms with Crippen LogP contribution in [0.1, 0.15) is 56.5 Å². The summed E-state index contributed by atoms with van der Waals surface area (Å²) in [7, 11) is 0. The molecule has 20 heteroatoms. The smallest absolute Gasteiger partial charge is 0.475 e. The molecule has 0 saturated carbocycles. The van der Waals surface area contributed by atoms with Crippen molar-refractivity contribution in [2.24, 2.45) is 11.1 Å². The van der Waals surface area contributed by atoms with E-state index in [2.05, 4.69) is 10.6 Å². The highest BCUT2D eigenvalue weighted by molar-refractivity contribution is 6.12. The molecule has 1 aromatic heterocycles. The van der Waals surface area contributed by atoms with Gasteiger partial charge in [-0.2, -0.15) is 18.3 Å². The Kier molecular flexibility index (Phi) is 16.3. The molecule has 2 aromatic carbocycles. The van der Waals surface area contributed by atoms with Crippen molar-refractivity contribution in [2.45, 2.75) is 58.3 Å². The maximum atomic E-state index is 14.9. The van der Waals surface area contributed by atoms with Gasteiger partial charge in [-0.15, -0.1) is 0 Å². The zero-order valence-corrected chi connectivity index (χ0v) is 31.8. The lowest BCUT2D eigenvalue weighted by molar-refractivity contribution is -0.192. The lowest BCUT2D eigenvalue weighted by Crippen LogP contribution is -2.47. The van der Waals surface area contributed by atoms with Crippen LogP contribution in [0.4, 0.5) is 22.0 Å². The number of aliphatic carboxylic acids is 1. The van der Waals surface area contributed by atoms with Crippen molar-refractivity contribution in [1.82, 2.24) is 30.2 Å². The van der Waals surface area contributed by atoms with Crippen molar-refractivity contribution < 1.29 is 60.9 Å². The van der Waals surface area contributed by atoms with Crippen LogP contribution < -0.4 is 16.4 Å². The summed E-state index contributed by atoms with van der Waals surface area (Å²) in [5.74, 6) is -6.65. The number of halogens is 5. The average molecular weight is 822 g/mol. The summed E-state index contributed by atoms with van der Waals surface area (Å²) in [4.78, 5) is 73.0. The van der Waals surface area contributed by atoms with E-state index in [1.807, 2.05) is 51.1 Å². The van der Waals surface area contributed by atoms with Crippen molar-refractivity contribution in [3.63, 3.8) is 0 Å². The van der Waals surface area contributed by atoms with E-state index in [1.54, 1.807) is 6.20 Å². The number of alkyl halides is 3. The lowest BCUT2D eigenvalue weighted by Gasteiger charge is -2.40. The first-order chi connectivity index (χ1) is 27.1. The van der Waals surface area contributed by atoms with Gasteiger partial charge in [0.15, 0.2) is 0 Å². The third kappa shape index (κ3) is 13.3. The van der Waals surface area contributed by atoms with Crippen LogP contribution in [0.25, 0.3) is 5.69 Å². The van der Waals surface area contributed by atoms with Crippen LogP contribution in [0.3, 0.4) is 0 Å². The number of nitrogens with two attached hydrogens (primary N) is 1. The number of imide groups is 1. The van der Waals surface area contributed by atoms with Gasteiger partial charge in [0.1, 0.15) is 23.9 Å². The van der Waals surface area contributed by atoms with E-state index < -0.39 is 77.4 Å². The molecule has 0 saturated heterocycles. The molecule has 0 fully saturated rings. The Hall–Kier alpha value is -6.02. The number of nitrogens with one attached hydrogen (secondary N) is 2. The first-order valence-corrected chi connectivity index (χ1v) is 17.8. The average Bonchev–Trinajstić information content (AvgIpc) is 3.70. The molecule has 314 valence electrons. The number of aliphatic hydroxyl groups excluding tert-OH is 1. The van der Waals surface area contributed by atoms with Crippen LogP contribution in [-0.2, 0) is 35.2 Å². The number of carboxylic acids is 1. The molecule has 15 nitrogen and oxygen atoms in total. The van der Waals surface area contributed by atoms with Gasteiger partial charge < -0.3 is 31.5 Å². The molecule has 1 aliphatic rings. The maximum Gasteiger partial charge on any atom is 0.490 e. The van der Waals surface area contributed by atoms with Gasteiger partial charge in [-0.25, -0.2) is 18.3 Å². The van der Waals surface area contributed by atoms with Crippen molar-refractivity contribution >= 4 is 35.5 Å². The summed E-state index contributed by atoms with van der Waals surface area (Å²) < 4.78 is 62.1. The van der Waals surface area contributed by atoms with Gasteiger partial charge in [-0.05, 0) is 29.5 Å². The molecule has 4 rings (SSSR count). The number of amides is 5. The van der Waals surface area contributed by atoms with Crippen LogP contribution in [0.5, 0.6) is 0 Å². The number of aromatic nitrogens is 2. The first-order valence-electron chi connectivity index (χ1n) is 17.8. The zero-order chi connectivity index (χ0) is 43.4. The van der Waals surface area contributed by atoms with Crippen molar-refractivity contribution in [3.8, 4) is 5.69 Å². The Morgan fingerprint density at radius 3 is 2.14 bits per heavy atom. The standard InChI is InChI=1S/C36H43F2N7O6.C2HF3O2/c1-36(2,3)34(33-24(19-23-7-5-4-6-8-23)21-45(42-33)28-20-25(37)9-10-26(28)38)44(32(50)22-46)17-14-27(39)35(51)41-15-13-29(47)40-16-18-43-30(48)11-12-31(43)49;3-2(4,5)1(6)7/h4-12,20-21,27,34,46H,13-19,22,39H2,1-3H3,(H,40,47)(H,41,51);(H,6,7). The molecule has 58 heavy (non-hydrogen) atoms. The minimum absolute atomic E-state index is 0.0158. The summed E-state index contributed by atoms with van der Waals surface area (Å²) in [6, 6.07) is 10.6. The minimum Gasteiger partial charge on any atom is -0.475 e. The molecular formula is C38H44F5N7O8. The van der Waals surface area contributed by atoms with Gasteiger partial charge >= 0.3 is 12.1 Å². The number of hydrogen-bond donors (Lipinski definition) is 5. The predicted molar refractivity (Wildman–Crippen MR) is 197 cm³/mol. The molecule has 0 bridgehead atoms. The van der Waals surface area contributed by atoms with Gasteiger partial charge in [0.25, 0.3) is 11.8 Å². The third-order valence-corrected chi connectivity index (χ3v) is 8.53. The van der Waals surface area contributed by atoms with Gasteiger partial charge in [0.2, 0.25) is 17.7 Å². The molecular weight excluding hydrogens is 777 g/mol. The van der Waals surface area contributed by atoms with E-state index in [0.717, 1.165) is 40.8 Å². The predicted octanol–water partition coefficient (Wildman–Crippen LogP) is 2.55. The Labute approximate surface area is 329 Å². The minimum atomic E-state index is -5.08. The molecule has 2 heterocycles. The quantitative estimate of drug-likeness (QED) is 0.105. The molecule has 5 amide bonds. The van der Waals surface area contributed by atoms with E-state index in [1.165, 1.54) is 9.58 Å². The van der Waals surface area contributed by atoms with E-state index >= 15 is 0 Å². The fraction of sp³-hybridized carbons (Fsp3) is 0.395. The second-order valence-corrected chi connectivity index (χ2v) is 14.0. The molecule has 0 spiro atoms. The van der Waals surface area contributed by atoms with E-state index in [9.17, 15) is 51.0 Å². The highest BCUT2D eigenvalue weighted by Crippen LogP contribution is 2.40. The molecule has 3 aromatic rings. The van der Waals surface area contributed by atoms with Crippen LogP contribution >= 0.6 is 0 Å². The second-order valence-electron chi connectivity index (χ2n) is 14.0. The van der Waals surface area contributed by atoms with Crippen molar-refractivity contribution in [3.05, 3.63) is 95.3 Å². The molecule has 6 N–H and O–H groups in total. The number of benzene rings is 2. The summed E-state index contributed by atoms with van der Waals surface area (Å²) in [6.45, 7) is 4.75. The Balaban J connectivity index is 0.00000117. The molecule has 2 unspecified atom stereocenters. The van der Waals surface area contributed by atoms with Crippen LogP contribution in [0.15, 0.2) is 66.9 Å². The van der Waals surface area contributed by atoms with E-state index in [-0.39, 0.29) is 44.7 Å². The number of rotatable bonds is 16. The Morgan fingerprint density at radius 2 is 1.57 bits per heavy atom. The maximum absolute atomic E-state index is 14.9. The number of carboxylic acid groups (broad SMARTS) is 1. The van der Waals surface area contributed by atoms with Crippen LogP contribution in [-0.4, -0.2) is 110 Å². The SMILES string of the molecule is CC(C)(C)C(c1nn(-c2cc(F)ccc2F)cc1Cc1ccccc1)N(CCC(N)C(=O)NCCC(=O)NCCN1C(=O)C=CC1=O)C(=O)CO.O=C(O)C(F)(F)F. The largest absolute Gasteiger partial charge is 0.490 e. The fourth-order valence-electron chi connectivity index (χ4n) is 5.79. The summed E-state index contributed by atoms with van der Waals surface area (Å²) in [5.41, 5.74) is 7.32. The molecule has 2 atom stereocenters. The fourth-order valence-corrected chi connectivity index (χ4v) is 5.79. The Bertz CT molecular complexity index is 1960. The van der Waals surface area contributed by atoms with E-state index in [4.69, 9.17) is 20.7 Å². The number of nitrogens with zero attached hydrogens (tertiary/aromatic N) is 4. The Morgan fingerprint density at radius 1 is 0.948 bits per heavy atom. The molecule has 0 aliphatic carbocycles. The zero-order valence-electron chi connectivity index (χ0n) is 31.8. The van der Waals surface area contributed by atoms with Gasteiger partial charge in [0, 0.05) is 69.0 Å². The summed E-state index contributed by atoms with van der Waals surface area (Å²) >= 11 is 0. The van der Waals surface area contributed by atoms with Gasteiger partial charge in [0.05, 0.1) is 17.8 Å². The summed E-state index contributed by atoms with van der Waals surface area (Å²) in [5, 5.41) is 27.0. The first kappa shape index (κ1) is 46.4. The van der Waals surface area contributed by atoms with Gasteiger partial charge in [-0.1, -0.05) is 51.1 Å². The second kappa shape index (κ2) is 20.4. The third-order valence-electron chi connectivity index (χ3n) is 8.53. The topological polar surface area (TPSA) is 217 Å². The summed E-state index contributed by atoms with van der Waals surface area (Å²) in [6.07, 6.45) is -0.937. The number of aliphatic hydroxyl groups is 1. The lowest BCUT2D eigenvalue weighted by atomic mass is 9.81. The van der Waals surface area contributed by atoms with Crippen LogP contribution in [0, 0.1) is 17.0 Å². The van der Waals surface area contributed by atoms with Crippen molar-refractivity contribution in [1.29, 1.82) is 0 Å².